The van der Waals surface area contributed by atoms with Gasteiger partial charge in [0.25, 0.3) is 0 Å². The summed E-state index contributed by atoms with van der Waals surface area (Å²) in [4.78, 5) is 0. The molecular formula is C11H12F4O. The molecule has 0 bridgehead atoms. The number of hydrogen-bond acceptors (Lipinski definition) is 1. The summed E-state index contributed by atoms with van der Waals surface area (Å²) in [6.45, 7) is 1.50. The van der Waals surface area contributed by atoms with E-state index < -0.39 is 23.7 Å². The van der Waals surface area contributed by atoms with Crippen LogP contribution in [0.2, 0.25) is 0 Å². The fourth-order valence-corrected chi connectivity index (χ4v) is 1.39. The Morgan fingerprint density at radius 1 is 1.31 bits per heavy atom. The molecule has 1 atom stereocenters. The van der Waals surface area contributed by atoms with Gasteiger partial charge >= 0.3 is 6.18 Å². The molecule has 5 heteroatoms. The maximum Gasteiger partial charge on any atom is 0.416 e. The van der Waals surface area contributed by atoms with E-state index in [1.807, 2.05) is 0 Å². The molecule has 0 saturated carbocycles. The van der Waals surface area contributed by atoms with Crippen LogP contribution in [0.25, 0.3) is 0 Å². The number of aliphatic hydroxyl groups excluding tert-OH is 1. The monoisotopic (exact) mass is 236 g/mol. The van der Waals surface area contributed by atoms with Crippen molar-refractivity contribution in [3.63, 3.8) is 0 Å². The fraction of sp³-hybridized carbons (Fsp3) is 0.455. The van der Waals surface area contributed by atoms with E-state index in [1.54, 1.807) is 0 Å². The second kappa shape index (κ2) is 4.82. The van der Waals surface area contributed by atoms with Gasteiger partial charge in [-0.3, -0.25) is 0 Å². The van der Waals surface area contributed by atoms with E-state index in [4.69, 9.17) is 5.11 Å². The van der Waals surface area contributed by atoms with Crippen LogP contribution in [-0.4, -0.2) is 11.2 Å². The van der Waals surface area contributed by atoms with E-state index >= 15 is 0 Å². The molecule has 0 heterocycles. The van der Waals surface area contributed by atoms with Gasteiger partial charge in [0.1, 0.15) is 5.82 Å². The lowest BCUT2D eigenvalue weighted by atomic mass is 10.0. The van der Waals surface area contributed by atoms with Gasteiger partial charge in [-0.15, -0.1) is 0 Å². The zero-order chi connectivity index (χ0) is 12.3. The van der Waals surface area contributed by atoms with Gasteiger partial charge < -0.3 is 5.11 Å². The number of aryl methyl sites for hydroxylation is 1. The molecule has 16 heavy (non-hydrogen) atoms. The number of halogens is 4. The third kappa shape index (κ3) is 3.48. The summed E-state index contributed by atoms with van der Waals surface area (Å²) in [7, 11) is 0. The highest BCUT2D eigenvalue weighted by atomic mass is 19.4. The average molecular weight is 236 g/mol. The summed E-state index contributed by atoms with van der Waals surface area (Å²) in [6.07, 6.45) is -4.94. The molecule has 1 N–H and O–H groups in total. The fourth-order valence-electron chi connectivity index (χ4n) is 1.39. The maximum atomic E-state index is 12.7. The van der Waals surface area contributed by atoms with Crippen LogP contribution in [0.3, 0.4) is 0 Å². The zero-order valence-corrected chi connectivity index (χ0v) is 8.68. The quantitative estimate of drug-likeness (QED) is 0.799. The first-order valence-corrected chi connectivity index (χ1v) is 4.84. The largest absolute Gasteiger partial charge is 0.416 e. The van der Waals surface area contributed by atoms with Crippen LogP contribution in [0.1, 0.15) is 24.5 Å². The Morgan fingerprint density at radius 3 is 2.44 bits per heavy atom. The Hall–Kier alpha value is -1.10. The van der Waals surface area contributed by atoms with Crippen molar-refractivity contribution in [1.82, 2.24) is 0 Å². The second-order valence-electron chi connectivity index (χ2n) is 3.69. The summed E-state index contributed by atoms with van der Waals surface area (Å²) in [5, 5.41) is 9.01. The smallest absolute Gasteiger partial charge is 0.393 e. The van der Waals surface area contributed by atoms with E-state index in [0.717, 1.165) is 12.1 Å². The second-order valence-corrected chi connectivity index (χ2v) is 3.69. The first kappa shape index (κ1) is 13.0. The van der Waals surface area contributed by atoms with Crippen molar-refractivity contribution >= 4 is 0 Å². The van der Waals surface area contributed by atoms with Crippen molar-refractivity contribution in [1.29, 1.82) is 0 Å². The predicted octanol–water partition coefficient (Wildman–Crippen LogP) is 3.16. The van der Waals surface area contributed by atoms with Crippen LogP contribution in [0.5, 0.6) is 0 Å². The Morgan fingerprint density at radius 2 is 1.94 bits per heavy atom. The molecule has 0 aliphatic rings. The van der Waals surface area contributed by atoms with Gasteiger partial charge in [-0.05, 0) is 37.5 Å². The highest BCUT2D eigenvalue weighted by Crippen LogP contribution is 2.33. The first-order chi connectivity index (χ1) is 7.30. The molecule has 1 unspecified atom stereocenters. The molecular weight excluding hydrogens is 224 g/mol. The number of rotatable bonds is 3. The summed E-state index contributed by atoms with van der Waals surface area (Å²) in [5.41, 5.74) is -0.956. The number of benzene rings is 1. The normalized spacial score (nSPS) is 13.9. The van der Waals surface area contributed by atoms with Gasteiger partial charge in [-0.1, -0.05) is 6.07 Å². The Bertz CT molecular complexity index is 357. The molecule has 1 nitrogen and oxygen atoms in total. The van der Waals surface area contributed by atoms with Crippen molar-refractivity contribution in [2.24, 2.45) is 0 Å². The van der Waals surface area contributed by atoms with Crippen molar-refractivity contribution < 1.29 is 22.7 Å². The van der Waals surface area contributed by atoms with E-state index in [0.29, 0.717) is 6.07 Å². The minimum Gasteiger partial charge on any atom is -0.393 e. The molecule has 0 aliphatic heterocycles. The number of alkyl halides is 3. The molecule has 0 aliphatic carbocycles. The zero-order valence-electron chi connectivity index (χ0n) is 8.68. The van der Waals surface area contributed by atoms with Crippen LogP contribution in [-0.2, 0) is 12.6 Å². The molecule has 0 amide bonds. The Kier molecular flexibility index (Phi) is 3.91. The average Bonchev–Trinajstić information content (AvgIpc) is 2.14. The summed E-state index contributed by atoms with van der Waals surface area (Å²) >= 11 is 0. The standard InChI is InChI=1S/C11H12F4O/c1-7(16)2-3-8-4-5-9(12)6-10(8)11(13,14)15/h4-7,16H,2-3H2,1H3. The van der Waals surface area contributed by atoms with Gasteiger partial charge in [0.2, 0.25) is 0 Å². The Balaban J connectivity index is 2.99. The lowest BCUT2D eigenvalue weighted by molar-refractivity contribution is -0.138. The predicted molar refractivity (Wildman–Crippen MR) is 51.4 cm³/mol. The van der Waals surface area contributed by atoms with E-state index in [9.17, 15) is 17.6 Å². The van der Waals surface area contributed by atoms with E-state index in [2.05, 4.69) is 0 Å². The Labute approximate surface area is 90.7 Å². The lowest BCUT2D eigenvalue weighted by Crippen LogP contribution is -2.11. The van der Waals surface area contributed by atoms with Crippen molar-refractivity contribution in [2.75, 3.05) is 0 Å². The minimum atomic E-state index is -4.56. The SMILES string of the molecule is CC(O)CCc1ccc(F)cc1C(F)(F)F. The van der Waals surface area contributed by atoms with Gasteiger partial charge in [-0.25, -0.2) is 4.39 Å². The summed E-state index contributed by atoms with van der Waals surface area (Å²) < 4.78 is 50.3. The van der Waals surface area contributed by atoms with Crippen LogP contribution >= 0.6 is 0 Å². The molecule has 0 spiro atoms. The van der Waals surface area contributed by atoms with Gasteiger partial charge in [0.05, 0.1) is 11.7 Å². The molecule has 1 aromatic carbocycles. The van der Waals surface area contributed by atoms with Gasteiger partial charge in [-0.2, -0.15) is 13.2 Å². The van der Waals surface area contributed by atoms with Crippen molar-refractivity contribution in [2.45, 2.75) is 32.0 Å². The van der Waals surface area contributed by atoms with E-state index in [-0.39, 0.29) is 18.4 Å². The molecule has 1 rings (SSSR count). The first-order valence-electron chi connectivity index (χ1n) is 4.84. The van der Waals surface area contributed by atoms with Crippen LogP contribution in [0.15, 0.2) is 18.2 Å². The molecule has 0 radical (unpaired) electrons. The van der Waals surface area contributed by atoms with Gasteiger partial charge in [0.15, 0.2) is 0 Å². The molecule has 0 saturated heterocycles. The highest BCUT2D eigenvalue weighted by Gasteiger charge is 2.33. The van der Waals surface area contributed by atoms with E-state index in [1.165, 1.54) is 6.92 Å². The van der Waals surface area contributed by atoms with Crippen molar-refractivity contribution in [3.8, 4) is 0 Å². The third-order valence-electron chi connectivity index (χ3n) is 2.21. The molecule has 1 aromatic rings. The van der Waals surface area contributed by atoms with Gasteiger partial charge in [0, 0.05) is 0 Å². The third-order valence-corrected chi connectivity index (χ3v) is 2.21. The lowest BCUT2D eigenvalue weighted by Gasteiger charge is -2.13. The minimum absolute atomic E-state index is 0.00907. The topological polar surface area (TPSA) is 20.2 Å². The molecule has 0 fully saturated rings. The highest BCUT2D eigenvalue weighted by molar-refractivity contribution is 5.30. The summed E-state index contributed by atoms with van der Waals surface area (Å²) in [6, 6.07) is 2.59. The van der Waals surface area contributed by atoms with Crippen LogP contribution in [0, 0.1) is 5.82 Å². The van der Waals surface area contributed by atoms with Crippen LogP contribution in [0.4, 0.5) is 17.6 Å². The summed E-state index contributed by atoms with van der Waals surface area (Å²) in [5.74, 6) is -0.909. The van der Waals surface area contributed by atoms with Crippen LogP contribution < -0.4 is 0 Å². The molecule has 0 aromatic heterocycles. The van der Waals surface area contributed by atoms with Crippen molar-refractivity contribution in [3.05, 3.63) is 35.1 Å². The maximum absolute atomic E-state index is 12.7. The number of aliphatic hydroxyl groups is 1. The number of hydrogen-bond donors (Lipinski definition) is 1. The molecule has 90 valence electrons.